The Hall–Kier alpha value is -1.56. The number of hydrogen-bond donors (Lipinski definition) is 2. The van der Waals surface area contributed by atoms with Crippen molar-refractivity contribution in [1.29, 1.82) is 0 Å². The standard InChI is InChI=1S/C12H20N4O2/c17-10-11-4-1-2-8-16(11)12(18)13-6-9-15-7-3-5-14-15/h3,5,7,11,17H,1-2,4,6,8-10H2,(H,13,18)/t11-/m1/s1. The third-order valence-corrected chi connectivity index (χ3v) is 3.28. The molecule has 1 saturated heterocycles. The number of rotatable bonds is 4. The van der Waals surface area contributed by atoms with E-state index in [0.29, 0.717) is 13.1 Å². The molecule has 0 radical (unpaired) electrons. The molecule has 1 aromatic rings. The first-order valence-electron chi connectivity index (χ1n) is 6.44. The lowest BCUT2D eigenvalue weighted by atomic mass is 10.0. The van der Waals surface area contributed by atoms with Gasteiger partial charge in [0.25, 0.3) is 0 Å². The number of urea groups is 1. The predicted octanol–water partition coefficient (Wildman–Crippen LogP) is 0.439. The number of carbonyl (C=O) groups is 1. The Labute approximate surface area is 107 Å². The number of aliphatic hydroxyl groups excluding tert-OH is 1. The SMILES string of the molecule is O=C(NCCn1cccn1)N1CCCC[C@@H]1CO. The molecular weight excluding hydrogens is 232 g/mol. The zero-order chi connectivity index (χ0) is 12.8. The lowest BCUT2D eigenvalue weighted by Crippen LogP contribution is -2.50. The first kappa shape index (κ1) is 12.9. The van der Waals surface area contributed by atoms with Crippen molar-refractivity contribution in [2.24, 2.45) is 0 Å². The van der Waals surface area contributed by atoms with Crippen LogP contribution in [-0.2, 0) is 6.54 Å². The Morgan fingerprint density at radius 2 is 2.39 bits per heavy atom. The zero-order valence-electron chi connectivity index (χ0n) is 10.5. The number of piperidine rings is 1. The molecule has 2 N–H and O–H groups in total. The van der Waals surface area contributed by atoms with Gasteiger partial charge in [-0.15, -0.1) is 0 Å². The summed E-state index contributed by atoms with van der Waals surface area (Å²) in [6.45, 7) is 2.00. The van der Waals surface area contributed by atoms with Crippen molar-refractivity contribution < 1.29 is 9.90 Å². The van der Waals surface area contributed by atoms with Crippen molar-refractivity contribution in [2.45, 2.75) is 31.8 Å². The van der Waals surface area contributed by atoms with Crippen molar-refractivity contribution in [1.82, 2.24) is 20.0 Å². The molecular formula is C12H20N4O2. The van der Waals surface area contributed by atoms with Crippen LogP contribution in [0.3, 0.4) is 0 Å². The molecule has 2 heterocycles. The lowest BCUT2D eigenvalue weighted by Gasteiger charge is -2.34. The van der Waals surface area contributed by atoms with E-state index in [1.165, 1.54) is 0 Å². The first-order valence-corrected chi connectivity index (χ1v) is 6.44. The number of aromatic nitrogens is 2. The van der Waals surface area contributed by atoms with E-state index in [9.17, 15) is 9.90 Å². The van der Waals surface area contributed by atoms with Gasteiger partial charge in [-0.25, -0.2) is 4.79 Å². The Kier molecular flexibility index (Phi) is 4.58. The van der Waals surface area contributed by atoms with E-state index in [2.05, 4.69) is 10.4 Å². The highest BCUT2D eigenvalue weighted by atomic mass is 16.3. The van der Waals surface area contributed by atoms with Gasteiger partial charge in [-0.1, -0.05) is 0 Å². The minimum Gasteiger partial charge on any atom is -0.394 e. The Morgan fingerprint density at radius 1 is 1.50 bits per heavy atom. The number of aliphatic hydroxyl groups is 1. The van der Waals surface area contributed by atoms with Crippen LogP contribution in [0.5, 0.6) is 0 Å². The largest absolute Gasteiger partial charge is 0.394 e. The highest BCUT2D eigenvalue weighted by molar-refractivity contribution is 5.74. The molecule has 1 atom stereocenters. The van der Waals surface area contributed by atoms with Crippen LogP contribution < -0.4 is 5.32 Å². The topological polar surface area (TPSA) is 70.4 Å². The van der Waals surface area contributed by atoms with Gasteiger partial charge in [-0.05, 0) is 25.3 Å². The molecule has 2 rings (SSSR count). The summed E-state index contributed by atoms with van der Waals surface area (Å²) in [7, 11) is 0. The van der Waals surface area contributed by atoms with Crippen LogP contribution in [0, 0.1) is 0 Å². The van der Waals surface area contributed by atoms with Gasteiger partial charge in [0, 0.05) is 25.5 Å². The maximum atomic E-state index is 12.0. The van der Waals surface area contributed by atoms with Gasteiger partial charge < -0.3 is 15.3 Å². The minimum atomic E-state index is -0.0825. The fourth-order valence-electron chi connectivity index (χ4n) is 2.27. The molecule has 0 saturated carbocycles. The van der Waals surface area contributed by atoms with Crippen LogP contribution in [0.1, 0.15) is 19.3 Å². The molecule has 100 valence electrons. The van der Waals surface area contributed by atoms with Crippen molar-refractivity contribution in [3.63, 3.8) is 0 Å². The van der Waals surface area contributed by atoms with E-state index in [4.69, 9.17) is 0 Å². The maximum Gasteiger partial charge on any atom is 0.317 e. The van der Waals surface area contributed by atoms with Gasteiger partial charge >= 0.3 is 6.03 Å². The maximum absolute atomic E-state index is 12.0. The molecule has 0 unspecified atom stereocenters. The molecule has 1 aromatic heterocycles. The second-order valence-corrected chi connectivity index (χ2v) is 4.53. The molecule has 1 fully saturated rings. The average molecular weight is 252 g/mol. The molecule has 18 heavy (non-hydrogen) atoms. The van der Waals surface area contributed by atoms with Crippen molar-refractivity contribution >= 4 is 6.03 Å². The van der Waals surface area contributed by atoms with E-state index >= 15 is 0 Å². The third-order valence-electron chi connectivity index (χ3n) is 3.28. The van der Waals surface area contributed by atoms with E-state index < -0.39 is 0 Å². The Balaban J connectivity index is 1.76. The van der Waals surface area contributed by atoms with Gasteiger partial charge in [-0.2, -0.15) is 5.10 Å². The van der Waals surface area contributed by atoms with Crippen molar-refractivity contribution in [3.8, 4) is 0 Å². The van der Waals surface area contributed by atoms with Crippen molar-refractivity contribution in [2.75, 3.05) is 19.7 Å². The van der Waals surface area contributed by atoms with Crippen LogP contribution in [-0.4, -0.2) is 51.6 Å². The number of hydrogen-bond acceptors (Lipinski definition) is 3. The summed E-state index contributed by atoms with van der Waals surface area (Å²) in [6, 6.07) is 1.75. The Bertz CT molecular complexity index is 366. The summed E-state index contributed by atoms with van der Waals surface area (Å²) < 4.78 is 1.78. The summed E-state index contributed by atoms with van der Waals surface area (Å²) in [5, 5.41) is 16.2. The summed E-state index contributed by atoms with van der Waals surface area (Å²) >= 11 is 0. The van der Waals surface area contributed by atoms with E-state index in [1.807, 2.05) is 12.3 Å². The second kappa shape index (κ2) is 6.39. The van der Waals surface area contributed by atoms with Crippen LogP contribution in [0.25, 0.3) is 0 Å². The predicted molar refractivity (Wildman–Crippen MR) is 67.1 cm³/mol. The van der Waals surface area contributed by atoms with Crippen LogP contribution in [0.15, 0.2) is 18.5 Å². The fourth-order valence-corrected chi connectivity index (χ4v) is 2.27. The quantitative estimate of drug-likeness (QED) is 0.817. The monoisotopic (exact) mass is 252 g/mol. The molecule has 0 aromatic carbocycles. The average Bonchev–Trinajstić information content (AvgIpc) is 2.91. The van der Waals surface area contributed by atoms with Crippen LogP contribution in [0.2, 0.25) is 0 Å². The van der Waals surface area contributed by atoms with Gasteiger partial charge in [0.2, 0.25) is 0 Å². The number of amides is 2. The summed E-state index contributed by atoms with van der Waals surface area (Å²) in [6.07, 6.45) is 6.58. The molecule has 0 bridgehead atoms. The Morgan fingerprint density at radius 3 is 3.11 bits per heavy atom. The van der Waals surface area contributed by atoms with Crippen LogP contribution in [0.4, 0.5) is 4.79 Å². The second-order valence-electron chi connectivity index (χ2n) is 4.53. The fraction of sp³-hybridized carbons (Fsp3) is 0.667. The summed E-state index contributed by atoms with van der Waals surface area (Å²) in [4.78, 5) is 13.7. The normalized spacial score (nSPS) is 19.8. The molecule has 2 amide bonds. The van der Waals surface area contributed by atoms with E-state index in [0.717, 1.165) is 25.8 Å². The van der Waals surface area contributed by atoms with E-state index in [-0.39, 0.29) is 18.7 Å². The number of nitrogens with one attached hydrogen (secondary N) is 1. The zero-order valence-corrected chi connectivity index (χ0v) is 10.5. The number of likely N-dealkylation sites (tertiary alicyclic amines) is 1. The molecule has 1 aliphatic rings. The molecule has 0 spiro atoms. The van der Waals surface area contributed by atoms with Gasteiger partial charge in [0.1, 0.15) is 0 Å². The molecule has 6 heteroatoms. The van der Waals surface area contributed by atoms with Gasteiger partial charge in [0.05, 0.1) is 19.2 Å². The summed E-state index contributed by atoms with van der Waals surface area (Å²) in [5.41, 5.74) is 0. The van der Waals surface area contributed by atoms with Crippen LogP contribution >= 0.6 is 0 Å². The first-order chi connectivity index (χ1) is 8.81. The molecule has 0 aliphatic carbocycles. The summed E-state index contributed by atoms with van der Waals surface area (Å²) in [5.74, 6) is 0. The minimum absolute atomic E-state index is 0.0246. The number of nitrogens with zero attached hydrogens (tertiary/aromatic N) is 3. The third kappa shape index (κ3) is 3.22. The smallest absolute Gasteiger partial charge is 0.317 e. The lowest BCUT2D eigenvalue weighted by molar-refractivity contribution is 0.108. The highest BCUT2D eigenvalue weighted by Crippen LogP contribution is 2.16. The van der Waals surface area contributed by atoms with E-state index in [1.54, 1.807) is 15.8 Å². The number of carbonyl (C=O) groups excluding carboxylic acids is 1. The van der Waals surface area contributed by atoms with Crippen molar-refractivity contribution in [3.05, 3.63) is 18.5 Å². The van der Waals surface area contributed by atoms with Gasteiger partial charge in [-0.3, -0.25) is 4.68 Å². The molecule has 6 nitrogen and oxygen atoms in total. The molecule has 1 aliphatic heterocycles. The van der Waals surface area contributed by atoms with Gasteiger partial charge in [0.15, 0.2) is 0 Å². The highest BCUT2D eigenvalue weighted by Gasteiger charge is 2.25.